The summed E-state index contributed by atoms with van der Waals surface area (Å²) in [6.45, 7) is 0.917. The number of carbonyl (C=O) groups excluding carboxylic acids is 1. The Morgan fingerprint density at radius 3 is 2.60 bits per heavy atom. The van der Waals surface area contributed by atoms with Crippen LogP contribution in [0, 0.1) is 5.92 Å². The zero-order valence-corrected chi connectivity index (χ0v) is 6.62. The lowest BCUT2D eigenvalue weighted by Gasteiger charge is -2.39. The van der Waals surface area contributed by atoms with E-state index < -0.39 is 0 Å². The van der Waals surface area contributed by atoms with Crippen molar-refractivity contribution < 1.29 is 4.79 Å². The predicted octanol–water partition coefficient (Wildman–Crippen LogP) is 0.749. The highest BCUT2D eigenvalue weighted by Gasteiger charge is 2.38. The van der Waals surface area contributed by atoms with Crippen LogP contribution in [0.5, 0.6) is 0 Å². The van der Waals surface area contributed by atoms with Crippen LogP contribution in [-0.4, -0.2) is 18.4 Å². The van der Waals surface area contributed by atoms with Crippen LogP contribution in [0.15, 0.2) is 0 Å². The molecule has 58 valence electrons. The largest absolute Gasteiger partial charge is 0.313 e. The third-order valence-electron chi connectivity index (χ3n) is 2.47. The van der Waals surface area contributed by atoms with E-state index in [2.05, 4.69) is 5.32 Å². The highest BCUT2D eigenvalue weighted by molar-refractivity contribution is 5.85. The molecule has 1 heterocycles. The number of Topliss-reactive ketones (excluding diaryl/α,β-unsaturated/α-hetero) is 1. The van der Waals surface area contributed by atoms with Crippen molar-refractivity contribution in [3.63, 3.8) is 0 Å². The molecule has 2 aliphatic rings. The van der Waals surface area contributed by atoms with Crippen molar-refractivity contribution in [2.75, 3.05) is 6.54 Å². The van der Waals surface area contributed by atoms with Crippen LogP contribution >= 0.6 is 12.4 Å². The Hall–Kier alpha value is -0.0800. The molecule has 0 aromatic rings. The number of ketones is 1. The van der Waals surface area contributed by atoms with Gasteiger partial charge in [-0.1, -0.05) is 0 Å². The molecule has 1 aliphatic carbocycles. The summed E-state index contributed by atoms with van der Waals surface area (Å²) in [5.41, 5.74) is 0. The Balaban J connectivity index is 0.000000500. The van der Waals surface area contributed by atoms with Crippen molar-refractivity contribution in [3.05, 3.63) is 0 Å². The van der Waals surface area contributed by atoms with E-state index in [-0.39, 0.29) is 12.4 Å². The first kappa shape index (κ1) is 8.02. The van der Waals surface area contributed by atoms with E-state index in [1.54, 1.807) is 0 Å². The number of piperidine rings is 1. The van der Waals surface area contributed by atoms with E-state index in [4.69, 9.17) is 0 Å². The minimum atomic E-state index is 0. The molecular formula is C7H12ClNO. The molecule has 2 atom stereocenters. The summed E-state index contributed by atoms with van der Waals surface area (Å²) < 4.78 is 0. The van der Waals surface area contributed by atoms with Crippen LogP contribution in [0.4, 0.5) is 0 Å². The smallest absolute Gasteiger partial charge is 0.138 e. The summed E-state index contributed by atoms with van der Waals surface area (Å²) in [6, 6.07) is 0.561. The van der Waals surface area contributed by atoms with Crippen LogP contribution in [0.1, 0.15) is 19.3 Å². The van der Waals surface area contributed by atoms with E-state index in [0.717, 1.165) is 19.4 Å². The number of halogens is 1. The number of fused-ring (bicyclic) bond motifs is 1. The maximum atomic E-state index is 11.0. The Bertz CT molecular complexity index is 149. The number of hydrogen-bond donors (Lipinski definition) is 1. The highest BCUT2D eigenvalue weighted by Crippen LogP contribution is 2.31. The third-order valence-corrected chi connectivity index (χ3v) is 2.47. The van der Waals surface area contributed by atoms with E-state index in [9.17, 15) is 4.79 Å². The van der Waals surface area contributed by atoms with Gasteiger partial charge in [0.2, 0.25) is 0 Å². The summed E-state index contributed by atoms with van der Waals surface area (Å²) in [7, 11) is 0. The van der Waals surface area contributed by atoms with Gasteiger partial charge < -0.3 is 5.32 Å². The monoisotopic (exact) mass is 161 g/mol. The summed E-state index contributed by atoms with van der Waals surface area (Å²) in [5, 5.41) is 3.33. The van der Waals surface area contributed by atoms with Crippen molar-refractivity contribution in [1.29, 1.82) is 0 Å². The van der Waals surface area contributed by atoms with Gasteiger partial charge in [0, 0.05) is 24.9 Å². The zero-order valence-electron chi connectivity index (χ0n) is 5.80. The number of carbonyl (C=O) groups is 1. The van der Waals surface area contributed by atoms with E-state index in [0.29, 0.717) is 17.7 Å². The molecule has 2 fully saturated rings. The average Bonchev–Trinajstić information content (AvgIpc) is 1.74. The normalized spacial score (nSPS) is 37.4. The molecule has 1 saturated carbocycles. The molecule has 0 radical (unpaired) electrons. The van der Waals surface area contributed by atoms with E-state index in [1.165, 1.54) is 6.42 Å². The number of rotatable bonds is 0. The zero-order chi connectivity index (χ0) is 6.27. The van der Waals surface area contributed by atoms with Gasteiger partial charge in [-0.05, 0) is 12.8 Å². The van der Waals surface area contributed by atoms with Crippen molar-refractivity contribution in [1.82, 2.24) is 5.32 Å². The van der Waals surface area contributed by atoms with E-state index >= 15 is 0 Å². The molecule has 0 aromatic heterocycles. The fraction of sp³-hybridized carbons (Fsp3) is 0.857. The second-order valence-corrected chi connectivity index (χ2v) is 2.96. The lowest BCUT2D eigenvalue weighted by molar-refractivity contribution is -0.128. The topological polar surface area (TPSA) is 29.1 Å². The molecule has 2 nitrogen and oxygen atoms in total. The van der Waals surface area contributed by atoms with Crippen LogP contribution in [0.3, 0.4) is 0 Å². The molecule has 0 spiro atoms. The lowest BCUT2D eigenvalue weighted by Crippen LogP contribution is -2.52. The Kier molecular flexibility index (Phi) is 2.32. The Labute approximate surface area is 66.8 Å². The standard InChI is InChI=1S/C7H11NO.ClH/c9-7-3-4-8-6-2-1-5(6)7;/h5-6,8H,1-4H2;1H. The minimum Gasteiger partial charge on any atom is -0.313 e. The van der Waals surface area contributed by atoms with Crippen LogP contribution in [0.2, 0.25) is 0 Å². The molecule has 10 heavy (non-hydrogen) atoms. The highest BCUT2D eigenvalue weighted by atomic mass is 35.5. The van der Waals surface area contributed by atoms with Gasteiger partial charge in [-0.15, -0.1) is 12.4 Å². The number of nitrogens with one attached hydrogen (secondary N) is 1. The van der Waals surface area contributed by atoms with Crippen molar-refractivity contribution >= 4 is 18.2 Å². The van der Waals surface area contributed by atoms with Gasteiger partial charge in [0.1, 0.15) is 5.78 Å². The summed E-state index contributed by atoms with van der Waals surface area (Å²) in [4.78, 5) is 11.0. The fourth-order valence-corrected chi connectivity index (χ4v) is 1.70. The second kappa shape index (κ2) is 2.89. The van der Waals surface area contributed by atoms with Crippen LogP contribution in [-0.2, 0) is 4.79 Å². The maximum absolute atomic E-state index is 11.0. The Morgan fingerprint density at radius 2 is 2.20 bits per heavy atom. The quantitative estimate of drug-likeness (QED) is 0.568. The minimum absolute atomic E-state index is 0. The third kappa shape index (κ3) is 1.06. The van der Waals surface area contributed by atoms with Crippen molar-refractivity contribution in [2.24, 2.45) is 5.92 Å². The molecule has 0 bridgehead atoms. The summed E-state index contributed by atoms with van der Waals surface area (Å²) in [6.07, 6.45) is 3.12. The van der Waals surface area contributed by atoms with Crippen LogP contribution < -0.4 is 5.32 Å². The summed E-state index contributed by atoms with van der Waals surface area (Å²) in [5.74, 6) is 0.892. The maximum Gasteiger partial charge on any atom is 0.138 e. The molecule has 1 saturated heterocycles. The predicted molar refractivity (Wildman–Crippen MR) is 41.4 cm³/mol. The first-order valence-corrected chi connectivity index (χ1v) is 3.64. The molecule has 1 aliphatic heterocycles. The molecule has 3 heteroatoms. The number of hydrogen-bond acceptors (Lipinski definition) is 2. The van der Waals surface area contributed by atoms with Gasteiger partial charge in [0.05, 0.1) is 0 Å². The van der Waals surface area contributed by atoms with Gasteiger partial charge in [0.15, 0.2) is 0 Å². The van der Waals surface area contributed by atoms with Gasteiger partial charge in [-0.2, -0.15) is 0 Å². The summed E-state index contributed by atoms with van der Waals surface area (Å²) >= 11 is 0. The second-order valence-electron chi connectivity index (χ2n) is 2.96. The van der Waals surface area contributed by atoms with Gasteiger partial charge in [0.25, 0.3) is 0 Å². The molecule has 0 amide bonds. The first-order chi connectivity index (χ1) is 4.38. The molecule has 2 rings (SSSR count). The fourth-order valence-electron chi connectivity index (χ4n) is 1.70. The van der Waals surface area contributed by atoms with Gasteiger partial charge in [-0.25, -0.2) is 0 Å². The van der Waals surface area contributed by atoms with Crippen molar-refractivity contribution in [2.45, 2.75) is 25.3 Å². The lowest BCUT2D eigenvalue weighted by atomic mass is 9.74. The molecular weight excluding hydrogens is 150 g/mol. The molecule has 0 aromatic carbocycles. The molecule has 1 N–H and O–H groups in total. The average molecular weight is 162 g/mol. The van der Waals surface area contributed by atoms with Gasteiger partial charge >= 0.3 is 0 Å². The SMILES string of the molecule is Cl.O=C1CCNC2CCC12. The van der Waals surface area contributed by atoms with Crippen molar-refractivity contribution in [3.8, 4) is 0 Å². The Morgan fingerprint density at radius 1 is 1.40 bits per heavy atom. The van der Waals surface area contributed by atoms with E-state index in [1.807, 2.05) is 0 Å². The van der Waals surface area contributed by atoms with Gasteiger partial charge in [-0.3, -0.25) is 4.79 Å². The first-order valence-electron chi connectivity index (χ1n) is 3.64. The van der Waals surface area contributed by atoms with Crippen LogP contribution in [0.25, 0.3) is 0 Å². The molecule has 2 unspecified atom stereocenters.